The molecule has 6 heteroatoms. The molecule has 1 saturated heterocycles. The molecule has 1 aromatic rings. The molecular formula is C14H19F3N2O. The van der Waals surface area contributed by atoms with Crippen molar-refractivity contribution in [1.29, 1.82) is 0 Å². The van der Waals surface area contributed by atoms with Crippen LogP contribution >= 0.6 is 0 Å². The van der Waals surface area contributed by atoms with Crippen molar-refractivity contribution in [3.05, 3.63) is 35.1 Å². The quantitative estimate of drug-likeness (QED) is 0.927. The van der Waals surface area contributed by atoms with E-state index in [1.807, 2.05) is 0 Å². The lowest BCUT2D eigenvalue weighted by molar-refractivity contribution is -0.171. The van der Waals surface area contributed by atoms with Crippen molar-refractivity contribution >= 4 is 0 Å². The van der Waals surface area contributed by atoms with Crippen molar-refractivity contribution in [3.8, 4) is 0 Å². The third kappa shape index (κ3) is 2.82. The van der Waals surface area contributed by atoms with Crippen LogP contribution in [0.15, 0.2) is 18.2 Å². The van der Waals surface area contributed by atoms with Crippen LogP contribution in [0.1, 0.15) is 24.1 Å². The fourth-order valence-corrected chi connectivity index (χ4v) is 2.33. The van der Waals surface area contributed by atoms with Crippen LogP contribution in [-0.4, -0.2) is 37.7 Å². The number of alkyl halides is 2. The van der Waals surface area contributed by atoms with Crippen LogP contribution in [0.25, 0.3) is 0 Å². The molecule has 112 valence electrons. The number of benzene rings is 1. The smallest absolute Gasteiger partial charge is 0.302 e. The number of morpholine rings is 1. The number of hydrogen-bond acceptors (Lipinski definition) is 3. The zero-order valence-electron chi connectivity index (χ0n) is 11.6. The van der Waals surface area contributed by atoms with Crippen LogP contribution in [0.3, 0.4) is 0 Å². The molecule has 0 aromatic heterocycles. The van der Waals surface area contributed by atoms with Crippen LogP contribution in [-0.2, 0) is 10.7 Å². The van der Waals surface area contributed by atoms with E-state index in [9.17, 15) is 13.2 Å². The summed E-state index contributed by atoms with van der Waals surface area (Å²) in [5, 5.41) is 0. The van der Waals surface area contributed by atoms with Crippen LogP contribution in [0.2, 0.25) is 0 Å². The molecule has 0 radical (unpaired) electrons. The van der Waals surface area contributed by atoms with Gasteiger partial charge in [-0.25, -0.2) is 4.39 Å². The zero-order valence-corrected chi connectivity index (χ0v) is 11.6. The van der Waals surface area contributed by atoms with Crippen molar-refractivity contribution < 1.29 is 17.9 Å². The topological polar surface area (TPSA) is 38.5 Å². The van der Waals surface area contributed by atoms with Gasteiger partial charge in [-0.05, 0) is 20.0 Å². The maximum atomic E-state index is 14.5. The molecular weight excluding hydrogens is 269 g/mol. The van der Waals surface area contributed by atoms with Gasteiger partial charge in [-0.3, -0.25) is 0 Å². The van der Waals surface area contributed by atoms with Crippen molar-refractivity contribution in [2.24, 2.45) is 5.73 Å². The first-order valence-corrected chi connectivity index (χ1v) is 6.56. The van der Waals surface area contributed by atoms with Gasteiger partial charge in [-0.15, -0.1) is 0 Å². The van der Waals surface area contributed by atoms with Crippen LogP contribution in [0, 0.1) is 5.82 Å². The molecule has 1 aromatic carbocycles. The first kappa shape index (κ1) is 15.3. The summed E-state index contributed by atoms with van der Waals surface area (Å²) in [5.74, 6) is -4.33. The van der Waals surface area contributed by atoms with E-state index in [-0.39, 0.29) is 18.7 Å². The highest BCUT2D eigenvalue weighted by molar-refractivity contribution is 5.32. The number of likely N-dealkylation sites (N-methyl/N-ethyl adjacent to an activating group) is 1. The van der Waals surface area contributed by atoms with Gasteiger partial charge in [0.2, 0.25) is 0 Å². The van der Waals surface area contributed by atoms with E-state index in [2.05, 4.69) is 0 Å². The molecule has 0 aliphatic carbocycles. The Hall–Kier alpha value is -1.11. The largest absolute Gasteiger partial charge is 0.369 e. The minimum absolute atomic E-state index is 0.0643. The highest BCUT2D eigenvalue weighted by Crippen LogP contribution is 2.37. The van der Waals surface area contributed by atoms with E-state index < -0.39 is 29.4 Å². The van der Waals surface area contributed by atoms with Gasteiger partial charge in [0, 0.05) is 24.7 Å². The second-order valence-corrected chi connectivity index (χ2v) is 5.24. The lowest BCUT2D eigenvalue weighted by Crippen LogP contribution is -2.48. The maximum Gasteiger partial charge on any atom is 0.302 e. The van der Waals surface area contributed by atoms with Gasteiger partial charge in [0.25, 0.3) is 0 Å². The van der Waals surface area contributed by atoms with E-state index >= 15 is 0 Å². The third-order valence-corrected chi connectivity index (χ3v) is 3.55. The molecule has 0 saturated carbocycles. The predicted molar refractivity (Wildman–Crippen MR) is 70.1 cm³/mol. The number of ether oxygens (including phenoxy) is 1. The van der Waals surface area contributed by atoms with Gasteiger partial charge in [-0.1, -0.05) is 12.1 Å². The lowest BCUT2D eigenvalue weighted by atomic mass is 9.96. The van der Waals surface area contributed by atoms with Gasteiger partial charge in [0.15, 0.2) is 0 Å². The fraction of sp³-hybridized carbons (Fsp3) is 0.571. The standard InChI is InChI=1S/C14H19F3N2O/c1-9(18)10-4-3-5-11(13(10)15)14(16,17)12-8-19(2)6-7-20-12/h3-5,9,12H,6-8,18H2,1-2H3/t9-,12?/m1/s1. The number of halogens is 3. The van der Waals surface area contributed by atoms with Gasteiger partial charge in [0.1, 0.15) is 11.9 Å². The average Bonchev–Trinajstić information content (AvgIpc) is 2.38. The summed E-state index contributed by atoms with van der Waals surface area (Å²) in [6.07, 6.45) is -1.35. The van der Waals surface area contributed by atoms with E-state index in [1.54, 1.807) is 18.9 Å². The van der Waals surface area contributed by atoms with Crippen molar-refractivity contribution in [3.63, 3.8) is 0 Å². The molecule has 0 spiro atoms. The monoisotopic (exact) mass is 288 g/mol. The Morgan fingerprint density at radius 1 is 1.45 bits per heavy atom. The summed E-state index contributed by atoms with van der Waals surface area (Å²) in [7, 11) is 1.74. The molecule has 1 heterocycles. The SMILES string of the molecule is C[C@@H](N)c1cccc(C(F)(F)C2CN(C)CCO2)c1F. The lowest BCUT2D eigenvalue weighted by Gasteiger charge is -2.35. The van der Waals surface area contributed by atoms with Crippen LogP contribution in [0.4, 0.5) is 13.2 Å². The van der Waals surface area contributed by atoms with E-state index in [0.717, 1.165) is 6.07 Å². The predicted octanol–water partition coefficient (Wildman–Crippen LogP) is 2.27. The second-order valence-electron chi connectivity index (χ2n) is 5.24. The zero-order chi connectivity index (χ0) is 14.9. The van der Waals surface area contributed by atoms with Gasteiger partial charge >= 0.3 is 5.92 Å². The molecule has 2 rings (SSSR count). The number of rotatable bonds is 3. The molecule has 1 aliphatic heterocycles. The molecule has 0 amide bonds. The highest BCUT2D eigenvalue weighted by atomic mass is 19.3. The number of hydrogen-bond donors (Lipinski definition) is 1. The summed E-state index contributed by atoms with van der Waals surface area (Å²) in [5.41, 5.74) is 5.05. The van der Waals surface area contributed by atoms with Crippen molar-refractivity contribution in [2.75, 3.05) is 26.7 Å². The minimum Gasteiger partial charge on any atom is -0.369 e. The fourth-order valence-electron chi connectivity index (χ4n) is 2.33. The normalized spacial score (nSPS) is 22.8. The second kappa shape index (κ2) is 5.71. The Bertz CT molecular complexity index is 479. The van der Waals surface area contributed by atoms with Gasteiger partial charge in [0.05, 0.1) is 12.2 Å². The first-order chi connectivity index (χ1) is 9.34. The summed E-state index contributed by atoms with van der Waals surface area (Å²) in [6.45, 7) is 2.43. The Morgan fingerprint density at radius 3 is 2.75 bits per heavy atom. The summed E-state index contributed by atoms with van der Waals surface area (Å²) >= 11 is 0. The highest BCUT2D eigenvalue weighted by Gasteiger charge is 2.46. The van der Waals surface area contributed by atoms with E-state index in [1.165, 1.54) is 12.1 Å². The Kier molecular flexibility index (Phi) is 4.36. The van der Waals surface area contributed by atoms with Crippen molar-refractivity contribution in [1.82, 2.24) is 4.90 Å². The third-order valence-electron chi connectivity index (χ3n) is 3.55. The van der Waals surface area contributed by atoms with Crippen molar-refractivity contribution in [2.45, 2.75) is 25.0 Å². The van der Waals surface area contributed by atoms with Crippen LogP contribution in [0.5, 0.6) is 0 Å². The minimum atomic E-state index is -3.39. The summed E-state index contributed by atoms with van der Waals surface area (Å²) in [6, 6.07) is 3.28. The number of nitrogens with zero attached hydrogens (tertiary/aromatic N) is 1. The molecule has 20 heavy (non-hydrogen) atoms. The van der Waals surface area contributed by atoms with Crippen LogP contribution < -0.4 is 5.73 Å². The Morgan fingerprint density at radius 2 is 2.15 bits per heavy atom. The van der Waals surface area contributed by atoms with E-state index in [4.69, 9.17) is 10.5 Å². The Balaban J connectivity index is 2.36. The molecule has 1 aliphatic rings. The Labute approximate surface area is 116 Å². The molecule has 0 bridgehead atoms. The maximum absolute atomic E-state index is 14.5. The molecule has 2 atom stereocenters. The molecule has 2 N–H and O–H groups in total. The summed E-state index contributed by atoms with van der Waals surface area (Å²) in [4.78, 5) is 1.75. The summed E-state index contributed by atoms with van der Waals surface area (Å²) < 4.78 is 48.3. The number of nitrogens with two attached hydrogens (primary N) is 1. The van der Waals surface area contributed by atoms with E-state index in [0.29, 0.717) is 6.54 Å². The van der Waals surface area contributed by atoms with Gasteiger partial charge in [-0.2, -0.15) is 8.78 Å². The molecule has 3 nitrogen and oxygen atoms in total. The molecule has 1 fully saturated rings. The average molecular weight is 288 g/mol. The molecule has 1 unspecified atom stereocenters. The first-order valence-electron chi connectivity index (χ1n) is 6.56. The van der Waals surface area contributed by atoms with Gasteiger partial charge < -0.3 is 15.4 Å².